The molecule has 0 radical (unpaired) electrons. The number of aryl methyl sites for hydroxylation is 1. The molecule has 0 bridgehead atoms. The smallest absolute Gasteiger partial charge is 0.221 e. The summed E-state index contributed by atoms with van der Waals surface area (Å²) >= 11 is 1.51. The molecule has 6 nitrogen and oxygen atoms in total. The third kappa shape index (κ3) is 1.44. The maximum Gasteiger partial charge on any atom is 0.221 e. The van der Waals surface area contributed by atoms with Gasteiger partial charge in [0.2, 0.25) is 5.82 Å². The fourth-order valence-electron chi connectivity index (χ4n) is 2.42. The molecule has 0 aliphatic carbocycles. The molecule has 0 spiro atoms. The quantitative estimate of drug-likeness (QED) is 0.579. The second-order valence-electron chi connectivity index (χ2n) is 4.46. The fraction of sp³-hybridized carbons (Fsp3) is 0.0769. The maximum atomic E-state index is 12.3. The SMILES string of the molecule is Cn1c(-c2nn[nH]n2)cc(=O)c2sc3ccccc3c21. The molecule has 0 amide bonds. The Morgan fingerprint density at radius 1 is 1.30 bits per heavy atom. The van der Waals surface area contributed by atoms with Crippen LogP contribution in [0.25, 0.3) is 31.8 Å². The van der Waals surface area contributed by atoms with E-state index in [1.54, 1.807) is 6.07 Å². The first-order valence-electron chi connectivity index (χ1n) is 6.01. The van der Waals surface area contributed by atoms with E-state index in [1.165, 1.54) is 11.3 Å². The molecule has 4 rings (SSSR count). The van der Waals surface area contributed by atoms with E-state index < -0.39 is 0 Å². The zero-order valence-electron chi connectivity index (χ0n) is 10.5. The Kier molecular flexibility index (Phi) is 2.25. The molecule has 1 N–H and O–H groups in total. The van der Waals surface area contributed by atoms with Crippen molar-refractivity contribution in [2.24, 2.45) is 7.05 Å². The molecule has 0 fully saturated rings. The molecule has 0 atom stereocenters. The zero-order chi connectivity index (χ0) is 13.7. The number of H-pyrrole nitrogens is 1. The van der Waals surface area contributed by atoms with Gasteiger partial charge in [0.1, 0.15) is 0 Å². The highest BCUT2D eigenvalue weighted by molar-refractivity contribution is 7.25. The van der Waals surface area contributed by atoms with Crippen LogP contribution in [0.4, 0.5) is 0 Å². The number of hydrogen-bond acceptors (Lipinski definition) is 5. The van der Waals surface area contributed by atoms with Crippen LogP contribution in [0.2, 0.25) is 0 Å². The Bertz CT molecular complexity index is 983. The molecule has 7 heteroatoms. The molecule has 0 unspecified atom stereocenters. The van der Waals surface area contributed by atoms with Crippen molar-refractivity contribution >= 4 is 31.6 Å². The second kappa shape index (κ2) is 3.97. The van der Waals surface area contributed by atoms with Gasteiger partial charge in [-0.3, -0.25) is 4.79 Å². The number of nitrogens with zero attached hydrogens (tertiary/aromatic N) is 4. The van der Waals surface area contributed by atoms with E-state index in [9.17, 15) is 4.79 Å². The summed E-state index contributed by atoms with van der Waals surface area (Å²) < 4.78 is 3.79. The lowest BCUT2D eigenvalue weighted by atomic mass is 10.2. The third-order valence-corrected chi connectivity index (χ3v) is 4.51. The molecule has 98 valence electrons. The van der Waals surface area contributed by atoms with Gasteiger partial charge in [0.05, 0.1) is 15.9 Å². The molecule has 4 aromatic rings. The summed E-state index contributed by atoms with van der Waals surface area (Å²) in [5, 5.41) is 14.9. The van der Waals surface area contributed by atoms with E-state index in [0.717, 1.165) is 20.3 Å². The van der Waals surface area contributed by atoms with Crippen LogP contribution in [0.1, 0.15) is 0 Å². The molecule has 3 aromatic heterocycles. The average molecular weight is 283 g/mol. The van der Waals surface area contributed by atoms with Crippen LogP contribution in [0.3, 0.4) is 0 Å². The van der Waals surface area contributed by atoms with Crippen molar-refractivity contribution in [2.45, 2.75) is 0 Å². The molecule has 20 heavy (non-hydrogen) atoms. The summed E-state index contributed by atoms with van der Waals surface area (Å²) in [6, 6.07) is 9.55. The van der Waals surface area contributed by atoms with Gasteiger partial charge in [-0.05, 0) is 11.3 Å². The minimum Gasteiger partial charge on any atom is -0.340 e. The first-order chi connectivity index (χ1) is 9.75. The molecular formula is C13H9N5OS. The van der Waals surface area contributed by atoms with E-state index in [1.807, 2.05) is 35.9 Å². The Labute approximate surface area is 116 Å². The molecular weight excluding hydrogens is 274 g/mol. The minimum absolute atomic E-state index is 0.0147. The number of benzene rings is 1. The fourth-order valence-corrected chi connectivity index (χ4v) is 3.57. The molecule has 0 aliphatic heterocycles. The van der Waals surface area contributed by atoms with Crippen molar-refractivity contribution < 1.29 is 0 Å². The van der Waals surface area contributed by atoms with E-state index in [2.05, 4.69) is 20.6 Å². The van der Waals surface area contributed by atoms with Crippen LogP contribution in [-0.2, 0) is 7.05 Å². The average Bonchev–Trinajstić information content (AvgIpc) is 3.09. The van der Waals surface area contributed by atoms with Crippen molar-refractivity contribution in [2.75, 3.05) is 0 Å². The summed E-state index contributed by atoms with van der Waals surface area (Å²) in [7, 11) is 1.91. The molecule has 0 aliphatic rings. The largest absolute Gasteiger partial charge is 0.340 e. The van der Waals surface area contributed by atoms with E-state index in [-0.39, 0.29) is 5.43 Å². The van der Waals surface area contributed by atoms with Crippen molar-refractivity contribution in [3.05, 3.63) is 40.6 Å². The van der Waals surface area contributed by atoms with Gasteiger partial charge in [0.15, 0.2) is 5.43 Å². The lowest BCUT2D eigenvalue weighted by Crippen LogP contribution is -2.07. The summed E-state index contributed by atoms with van der Waals surface area (Å²) in [5.41, 5.74) is 1.55. The van der Waals surface area contributed by atoms with E-state index in [4.69, 9.17) is 0 Å². The van der Waals surface area contributed by atoms with E-state index in [0.29, 0.717) is 11.5 Å². The van der Waals surface area contributed by atoms with Crippen LogP contribution >= 0.6 is 11.3 Å². The maximum absolute atomic E-state index is 12.3. The van der Waals surface area contributed by atoms with Gasteiger partial charge < -0.3 is 4.57 Å². The number of fused-ring (bicyclic) bond motifs is 3. The Morgan fingerprint density at radius 3 is 2.95 bits per heavy atom. The van der Waals surface area contributed by atoms with Crippen molar-refractivity contribution in [3.8, 4) is 11.5 Å². The number of rotatable bonds is 1. The van der Waals surface area contributed by atoms with Gasteiger partial charge in [0.25, 0.3) is 0 Å². The minimum atomic E-state index is -0.0147. The molecule has 1 aromatic carbocycles. The van der Waals surface area contributed by atoms with Crippen molar-refractivity contribution in [1.82, 2.24) is 25.2 Å². The van der Waals surface area contributed by atoms with E-state index >= 15 is 0 Å². The normalized spacial score (nSPS) is 11.4. The van der Waals surface area contributed by atoms with Crippen LogP contribution in [0.15, 0.2) is 35.1 Å². The third-order valence-electron chi connectivity index (χ3n) is 3.33. The van der Waals surface area contributed by atoms with Gasteiger partial charge in [-0.1, -0.05) is 18.2 Å². The number of hydrogen-bond donors (Lipinski definition) is 1. The molecule has 3 heterocycles. The first-order valence-corrected chi connectivity index (χ1v) is 6.82. The molecule has 0 saturated carbocycles. The Balaban J connectivity index is 2.22. The van der Waals surface area contributed by atoms with Gasteiger partial charge >= 0.3 is 0 Å². The summed E-state index contributed by atoms with van der Waals surface area (Å²) in [5.74, 6) is 0.418. The van der Waals surface area contributed by atoms with Crippen molar-refractivity contribution in [3.63, 3.8) is 0 Å². The highest BCUT2D eigenvalue weighted by atomic mass is 32.1. The van der Waals surface area contributed by atoms with Crippen LogP contribution in [-0.4, -0.2) is 25.2 Å². The zero-order valence-corrected chi connectivity index (χ0v) is 11.3. The number of aromatic nitrogens is 5. The lowest BCUT2D eigenvalue weighted by Gasteiger charge is -2.07. The van der Waals surface area contributed by atoms with Gasteiger partial charge in [-0.2, -0.15) is 5.21 Å². The number of thiophene rings is 1. The number of pyridine rings is 1. The lowest BCUT2D eigenvalue weighted by molar-refractivity contribution is 0.881. The highest BCUT2D eigenvalue weighted by Gasteiger charge is 2.15. The summed E-state index contributed by atoms with van der Waals surface area (Å²) in [6.45, 7) is 0. The highest BCUT2D eigenvalue weighted by Crippen LogP contribution is 2.32. The number of nitrogens with one attached hydrogen (secondary N) is 1. The number of aromatic amines is 1. The second-order valence-corrected chi connectivity index (χ2v) is 5.52. The van der Waals surface area contributed by atoms with Gasteiger partial charge in [-0.15, -0.1) is 21.5 Å². The summed E-state index contributed by atoms with van der Waals surface area (Å²) in [6.07, 6.45) is 0. The summed E-state index contributed by atoms with van der Waals surface area (Å²) in [4.78, 5) is 12.3. The standard InChI is InChI=1S/C13H9N5OS/c1-18-8(13-14-16-17-15-13)6-9(19)12-11(18)7-4-2-3-5-10(7)20-12/h2-6H,1H3,(H,14,15,16,17). The predicted molar refractivity (Wildman–Crippen MR) is 77.7 cm³/mol. The topological polar surface area (TPSA) is 76.5 Å². The van der Waals surface area contributed by atoms with Crippen LogP contribution < -0.4 is 5.43 Å². The first kappa shape index (κ1) is 11.3. The van der Waals surface area contributed by atoms with Gasteiger partial charge in [0, 0.05) is 23.2 Å². The van der Waals surface area contributed by atoms with Crippen LogP contribution in [0.5, 0.6) is 0 Å². The predicted octanol–water partition coefficient (Wildman–Crippen LogP) is 1.93. The number of tetrazole rings is 1. The van der Waals surface area contributed by atoms with Crippen LogP contribution in [0, 0.1) is 0 Å². The van der Waals surface area contributed by atoms with Gasteiger partial charge in [-0.25, -0.2) is 0 Å². The monoisotopic (exact) mass is 283 g/mol. The Hall–Kier alpha value is -2.54. The van der Waals surface area contributed by atoms with Crippen molar-refractivity contribution in [1.29, 1.82) is 0 Å². The molecule has 0 saturated heterocycles. The Morgan fingerprint density at radius 2 is 2.15 bits per heavy atom.